The molecule has 2 aliphatic rings. The molecule has 2 radical (unpaired) electrons. The quantitative estimate of drug-likeness (QED) is 0.248. The van der Waals surface area contributed by atoms with Gasteiger partial charge in [-0.2, -0.15) is 10.2 Å². The average Bonchev–Trinajstić information content (AvgIpc) is 3.34. The van der Waals surface area contributed by atoms with E-state index in [0.717, 1.165) is 38.0 Å². The number of hydrogen-bond donors (Lipinski definition) is 1. The number of benzene rings is 2. The fourth-order valence-electron chi connectivity index (χ4n) is 5.14. The molecule has 4 aromatic rings. The summed E-state index contributed by atoms with van der Waals surface area (Å²) in [7, 11) is 0.457. The summed E-state index contributed by atoms with van der Waals surface area (Å²) < 4.78 is 48.1. The molecule has 0 spiro atoms. The van der Waals surface area contributed by atoms with E-state index in [0.29, 0.717) is 58.4 Å². The molecule has 44 heavy (non-hydrogen) atoms. The van der Waals surface area contributed by atoms with Crippen LogP contribution in [-0.4, -0.2) is 76.5 Å². The number of hydrogen-bond acceptors (Lipinski definition) is 9. The molecular formula is C30H28F2N6O5Si. The topological polar surface area (TPSA) is 136 Å². The number of fused-ring (bicyclic) bond motifs is 1. The number of carbonyl (C=O) groups is 1. The highest BCUT2D eigenvalue weighted by Crippen LogP contribution is 2.25. The summed E-state index contributed by atoms with van der Waals surface area (Å²) in [6.45, 7) is 2.59. The fraction of sp³-hybridized carbons (Fsp3) is 0.367. The molecule has 1 N–H and O–H groups in total. The maximum absolute atomic E-state index is 14.9. The van der Waals surface area contributed by atoms with E-state index in [1.807, 2.05) is 10.6 Å². The molecule has 2 aromatic carbocycles. The lowest BCUT2D eigenvalue weighted by Gasteiger charge is -2.32. The van der Waals surface area contributed by atoms with Crippen molar-refractivity contribution in [3.63, 3.8) is 0 Å². The van der Waals surface area contributed by atoms with Gasteiger partial charge in [0, 0.05) is 43.9 Å². The highest BCUT2D eigenvalue weighted by molar-refractivity contribution is 6.36. The Morgan fingerprint density at radius 3 is 2.66 bits per heavy atom. The minimum absolute atomic E-state index is 0.00160. The lowest BCUT2D eigenvalue weighted by atomic mass is 10.1. The van der Waals surface area contributed by atoms with Crippen LogP contribution in [-0.2, 0) is 24.1 Å². The van der Waals surface area contributed by atoms with E-state index in [9.17, 15) is 18.7 Å². The van der Waals surface area contributed by atoms with E-state index in [1.165, 1.54) is 18.2 Å². The second kappa shape index (κ2) is 13.0. The van der Waals surface area contributed by atoms with Gasteiger partial charge in [0.05, 0.1) is 29.3 Å². The number of nitriles is 1. The molecule has 2 aliphatic heterocycles. The first-order valence-electron chi connectivity index (χ1n) is 14.2. The van der Waals surface area contributed by atoms with E-state index in [4.69, 9.17) is 19.5 Å². The number of piperidine rings is 1. The lowest BCUT2D eigenvalue weighted by Crippen LogP contribution is -2.39. The summed E-state index contributed by atoms with van der Waals surface area (Å²) >= 11 is 0. The van der Waals surface area contributed by atoms with Crippen molar-refractivity contribution in [3.05, 3.63) is 77.0 Å². The third kappa shape index (κ3) is 6.70. The number of rotatable bonds is 11. The molecule has 14 heteroatoms. The normalized spacial score (nSPS) is 17.2. The van der Waals surface area contributed by atoms with Gasteiger partial charge in [-0.15, -0.1) is 0 Å². The Labute approximate surface area is 253 Å². The SMILES string of the molecule is N#Cc1ccc(OCc2nccc(OC3CCN(Cc4nc5c(F)cc(C(=O)O)cc5n4C[Si]C4CCO4)CC3)n2)c(F)c1. The molecule has 226 valence electrons. The molecular weight excluding hydrogens is 590 g/mol. The number of aromatic carboxylic acids is 1. The van der Waals surface area contributed by atoms with E-state index < -0.39 is 17.6 Å². The van der Waals surface area contributed by atoms with Crippen molar-refractivity contribution in [2.45, 2.75) is 50.4 Å². The zero-order chi connectivity index (χ0) is 30.6. The second-order valence-electron chi connectivity index (χ2n) is 10.5. The Morgan fingerprint density at radius 2 is 1.95 bits per heavy atom. The Balaban J connectivity index is 1.07. The standard InChI is InChI=1S/C30H28F2N6O5Si/c31-21-11-18(14-33)1-2-24(21)42-16-25-34-7-3-27(35-25)43-20-4-8-37(9-5-20)15-26-36-29-22(32)12-19(30(39)40)13-23(29)38(26)17-44-28-6-10-41-28/h1-3,7,11-13,20,28H,4-6,8-10,15-17H2,(H,39,40). The largest absolute Gasteiger partial charge is 0.483 e. The molecule has 6 rings (SSSR count). The van der Waals surface area contributed by atoms with Crippen LogP contribution in [0.3, 0.4) is 0 Å². The summed E-state index contributed by atoms with van der Waals surface area (Å²) in [4.78, 5) is 27.0. The summed E-state index contributed by atoms with van der Waals surface area (Å²) in [6, 6.07) is 10.0. The van der Waals surface area contributed by atoms with Crippen LogP contribution in [0.5, 0.6) is 11.6 Å². The second-order valence-corrected chi connectivity index (χ2v) is 11.9. The van der Waals surface area contributed by atoms with Crippen molar-refractivity contribution < 1.29 is 32.9 Å². The molecule has 0 amide bonds. The molecule has 2 saturated heterocycles. The number of imidazole rings is 1. The minimum Gasteiger partial charge on any atom is -0.483 e. The number of halogens is 2. The molecule has 1 atom stereocenters. The third-order valence-electron chi connectivity index (χ3n) is 7.59. The maximum atomic E-state index is 14.9. The number of carboxylic acids is 1. The minimum atomic E-state index is -1.18. The van der Waals surface area contributed by atoms with Gasteiger partial charge in [0.25, 0.3) is 0 Å². The number of likely N-dealkylation sites (tertiary alicyclic amines) is 1. The predicted octanol–water partition coefficient (Wildman–Crippen LogP) is 3.70. The van der Waals surface area contributed by atoms with Gasteiger partial charge in [0.2, 0.25) is 5.88 Å². The number of aromatic nitrogens is 4. The monoisotopic (exact) mass is 618 g/mol. The summed E-state index contributed by atoms with van der Waals surface area (Å²) in [5.41, 5.74) is 0.922. The highest BCUT2D eigenvalue weighted by atomic mass is 28.2. The predicted molar refractivity (Wildman–Crippen MR) is 153 cm³/mol. The van der Waals surface area contributed by atoms with Crippen LogP contribution in [0, 0.1) is 23.0 Å². The zero-order valence-corrected chi connectivity index (χ0v) is 24.6. The van der Waals surface area contributed by atoms with E-state index >= 15 is 0 Å². The van der Waals surface area contributed by atoms with Gasteiger partial charge in [-0.1, -0.05) is 0 Å². The van der Waals surface area contributed by atoms with Crippen LogP contribution in [0.15, 0.2) is 42.6 Å². The van der Waals surface area contributed by atoms with Crippen LogP contribution >= 0.6 is 0 Å². The van der Waals surface area contributed by atoms with Crippen molar-refractivity contribution in [3.8, 4) is 17.7 Å². The van der Waals surface area contributed by atoms with Gasteiger partial charge in [-0.3, -0.25) is 4.90 Å². The molecule has 4 heterocycles. The van der Waals surface area contributed by atoms with E-state index in [1.54, 1.807) is 12.3 Å². The van der Waals surface area contributed by atoms with Crippen molar-refractivity contribution in [1.82, 2.24) is 24.4 Å². The molecule has 11 nitrogen and oxygen atoms in total. The van der Waals surface area contributed by atoms with Gasteiger partial charge < -0.3 is 23.9 Å². The lowest BCUT2D eigenvalue weighted by molar-refractivity contribution is 0.000845. The van der Waals surface area contributed by atoms with Gasteiger partial charge in [0.15, 0.2) is 23.2 Å². The number of carboxylic acid groups (broad SMARTS) is 1. The summed E-state index contributed by atoms with van der Waals surface area (Å²) in [5.74, 6) is -1.06. The molecule has 2 aromatic heterocycles. The molecule has 0 bridgehead atoms. The third-order valence-corrected chi connectivity index (χ3v) is 9.00. The number of ether oxygens (including phenoxy) is 3. The summed E-state index contributed by atoms with van der Waals surface area (Å²) in [6.07, 6.45) is 4.48. The Bertz CT molecular complexity index is 1720. The maximum Gasteiger partial charge on any atom is 0.335 e. The average molecular weight is 619 g/mol. The molecule has 2 fully saturated rings. The van der Waals surface area contributed by atoms with Crippen LogP contribution < -0.4 is 9.47 Å². The summed E-state index contributed by atoms with van der Waals surface area (Å²) in [5, 5.41) is 18.4. The smallest absolute Gasteiger partial charge is 0.335 e. The van der Waals surface area contributed by atoms with Crippen molar-refractivity contribution in [1.29, 1.82) is 5.26 Å². The zero-order valence-electron chi connectivity index (χ0n) is 23.6. The van der Waals surface area contributed by atoms with Crippen molar-refractivity contribution in [2.24, 2.45) is 0 Å². The number of nitrogens with zero attached hydrogens (tertiary/aromatic N) is 6. The van der Waals surface area contributed by atoms with Crippen LogP contribution in [0.2, 0.25) is 0 Å². The molecule has 1 unspecified atom stereocenters. The van der Waals surface area contributed by atoms with Crippen molar-refractivity contribution in [2.75, 3.05) is 19.7 Å². The highest BCUT2D eigenvalue weighted by Gasteiger charge is 2.26. The first kappa shape index (κ1) is 29.6. The van der Waals surface area contributed by atoms with Gasteiger partial charge in [0.1, 0.15) is 33.6 Å². The van der Waals surface area contributed by atoms with Crippen molar-refractivity contribution >= 4 is 26.5 Å². The van der Waals surface area contributed by atoms with Crippen LogP contribution in [0.4, 0.5) is 8.78 Å². The molecule has 0 saturated carbocycles. The van der Waals surface area contributed by atoms with Gasteiger partial charge in [-0.25, -0.2) is 23.5 Å². The van der Waals surface area contributed by atoms with Crippen LogP contribution in [0.25, 0.3) is 11.0 Å². The molecule has 0 aliphatic carbocycles. The Hall–Kier alpha value is -4.45. The Morgan fingerprint density at radius 1 is 1.14 bits per heavy atom. The Kier molecular flexibility index (Phi) is 8.78. The van der Waals surface area contributed by atoms with Gasteiger partial charge >= 0.3 is 5.97 Å². The van der Waals surface area contributed by atoms with Crippen LogP contribution in [0.1, 0.15) is 46.8 Å². The fourth-order valence-corrected chi connectivity index (χ4v) is 6.44. The van der Waals surface area contributed by atoms with E-state index in [-0.39, 0.29) is 40.8 Å². The van der Waals surface area contributed by atoms with E-state index in [2.05, 4.69) is 19.9 Å². The first-order valence-corrected chi connectivity index (χ1v) is 15.4. The first-order chi connectivity index (χ1) is 21.4. The van der Waals surface area contributed by atoms with Gasteiger partial charge in [-0.05, 0) is 49.6 Å².